The molecule has 0 amide bonds. The van der Waals surface area contributed by atoms with E-state index < -0.39 is 0 Å². The van der Waals surface area contributed by atoms with Gasteiger partial charge in [-0.25, -0.2) is 9.97 Å². The molecule has 19 heavy (non-hydrogen) atoms. The number of fused-ring (bicyclic) bond motifs is 1. The third-order valence-electron chi connectivity index (χ3n) is 3.03. The molecule has 104 valence electrons. The SMILES string of the molecule is CC(C)(C)CCn1c(CCCl)nc2cc(Br)cnc21. The van der Waals surface area contributed by atoms with Gasteiger partial charge in [0.1, 0.15) is 11.3 Å². The van der Waals surface area contributed by atoms with Crippen LogP contribution in [0.5, 0.6) is 0 Å². The van der Waals surface area contributed by atoms with Crippen LogP contribution in [0.3, 0.4) is 0 Å². The van der Waals surface area contributed by atoms with Crippen molar-refractivity contribution in [3.63, 3.8) is 0 Å². The van der Waals surface area contributed by atoms with Crippen molar-refractivity contribution in [1.29, 1.82) is 0 Å². The van der Waals surface area contributed by atoms with E-state index in [4.69, 9.17) is 11.6 Å². The fourth-order valence-corrected chi connectivity index (χ4v) is 2.48. The Labute approximate surface area is 127 Å². The zero-order chi connectivity index (χ0) is 14.0. The highest BCUT2D eigenvalue weighted by atomic mass is 79.9. The molecule has 0 atom stereocenters. The zero-order valence-electron chi connectivity index (χ0n) is 11.6. The van der Waals surface area contributed by atoms with Crippen molar-refractivity contribution in [2.24, 2.45) is 5.41 Å². The predicted octanol–water partition coefficient (Wildman–Crippen LogP) is 4.41. The zero-order valence-corrected chi connectivity index (χ0v) is 13.9. The average molecular weight is 345 g/mol. The van der Waals surface area contributed by atoms with Gasteiger partial charge in [-0.15, -0.1) is 11.6 Å². The van der Waals surface area contributed by atoms with Gasteiger partial charge in [0.2, 0.25) is 0 Å². The highest BCUT2D eigenvalue weighted by Gasteiger charge is 2.15. The largest absolute Gasteiger partial charge is 0.313 e. The first-order valence-electron chi connectivity index (χ1n) is 6.47. The van der Waals surface area contributed by atoms with Crippen molar-refractivity contribution in [3.05, 3.63) is 22.6 Å². The van der Waals surface area contributed by atoms with Crippen LogP contribution in [-0.4, -0.2) is 20.4 Å². The highest BCUT2D eigenvalue weighted by molar-refractivity contribution is 9.10. The van der Waals surface area contributed by atoms with E-state index in [9.17, 15) is 0 Å². The van der Waals surface area contributed by atoms with Gasteiger partial charge in [0.15, 0.2) is 5.65 Å². The van der Waals surface area contributed by atoms with Crippen LogP contribution in [0.1, 0.15) is 33.0 Å². The molecule has 0 saturated heterocycles. The minimum atomic E-state index is 0.296. The van der Waals surface area contributed by atoms with Gasteiger partial charge in [0.05, 0.1) is 0 Å². The molecule has 0 aromatic carbocycles. The van der Waals surface area contributed by atoms with Crippen LogP contribution >= 0.6 is 27.5 Å². The van der Waals surface area contributed by atoms with Gasteiger partial charge >= 0.3 is 0 Å². The summed E-state index contributed by atoms with van der Waals surface area (Å²) in [7, 11) is 0. The maximum atomic E-state index is 5.87. The first kappa shape index (κ1) is 14.8. The van der Waals surface area contributed by atoms with E-state index in [2.05, 4.69) is 51.2 Å². The Morgan fingerprint density at radius 1 is 1.37 bits per heavy atom. The number of aromatic nitrogens is 3. The van der Waals surface area contributed by atoms with Crippen molar-refractivity contribution in [2.75, 3.05) is 5.88 Å². The van der Waals surface area contributed by atoms with E-state index in [1.165, 1.54) is 0 Å². The van der Waals surface area contributed by atoms with E-state index >= 15 is 0 Å². The molecule has 2 aromatic heterocycles. The third-order valence-corrected chi connectivity index (χ3v) is 3.66. The molecule has 0 saturated carbocycles. The molecular formula is C14H19BrClN3. The summed E-state index contributed by atoms with van der Waals surface area (Å²) < 4.78 is 3.16. The van der Waals surface area contributed by atoms with Crippen molar-refractivity contribution in [2.45, 2.75) is 40.2 Å². The molecule has 2 rings (SSSR count). The number of hydrogen-bond donors (Lipinski definition) is 0. The first-order valence-corrected chi connectivity index (χ1v) is 7.80. The Kier molecular flexibility index (Phi) is 4.51. The lowest BCUT2D eigenvalue weighted by molar-refractivity contribution is 0.350. The van der Waals surface area contributed by atoms with Gasteiger partial charge in [0.25, 0.3) is 0 Å². The number of alkyl halides is 1. The number of hydrogen-bond acceptors (Lipinski definition) is 2. The molecule has 2 aromatic rings. The molecule has 2 heterocycles. The summed E-state index contributed by atoms with van der Waals surface area (Å²) >= 11 is 9.31. The number of aryl methyl sites for hydroxylation is 2. The minimum Gasteiger partial charge on any atom is -0.313 e. The first-order chi connectivity index (χ1) is 8.90. The van der Waals surface area contributed by atoms with Crippen LogP contribution < -0.4 is 0 Å². The van der Waals surface area contributed by atoms with E-state index in [-0.39, 0.29) is 0 Å². The maximum Gasteiger partial charge on any atom is 0.160 e. The predicted molar refractivity (Wildman–Crippen MR) is 83.7 cm³/mol. The van der Waals surface area contributed by atoms with E-state index in [1.54, 1.807) is 0 Å². The molecule has 0 aliphatic heterocycles. The van der Waals surface area contributed by atoms with Crippen molar-refractivity contribution in [3.8, 4) is 0 Å². The fourth-order valence-electron chi connectivity index (χ4n) is 1.99. The quantitative estimate of drug-likeness (QED) is 0.769. The Morgan fingerprint density at radius 3 is 2.74 bits per heavy atom. The Hall–Kier alpha value is -0.610. The number of imidazole rings is 1. The average Bonchev–Trinajstić information content (AvgIpc) is 2.62. The lowest BCUT2D eigenvalue weighted by atomic mass is 9.92. The van der Waals surface area contributed by atoms with Crippen molar-refractivity contribution in [1.82, 2.24) is 14.5 Å². The van der Waals surface area contributed by atoms with Crippen LogP contribution in [-0.2, 0) is 13.0 Å². The lowest BCUT2D eigenvalue weighted by Crippen LogP contribution is -2.13. The molecule has 0 radical (unpaired) electrons. The highest BCUT2D eigenvalue weighted by Crippen LogP contribution is 2.24. The lowest BCUT2D eigenvalue weighted by Gasteiger charge is -2.19. The molecule has 0 bridgehead atoms. The summed E-state index contributed by atoms with van der Waals surface area (Å²) in [6, 6.07) is 2.01. The third kappa shape index (κ3) is 3.69. The summed E-state index contributed by atoms with van der Waals surface area (Å²) in [5.74, 6) is 1.61. The van der Waals surface area contributed by atoms with Gasteiger partial charge in [-0.3, -0.25) is 0 Å². The van der Waals surface area contributed by atoms with Gasteiger partial charge in [-0.05, 0) is 33.8 Å². The van der Waals surface area contributed by atoms with E-state index in [0.717, 1.165) is 40.8 Å². The second-order valence-corrected chi connectivity index (χ2v) is 7.22. The summed E-state index contributed by atoms with van der Waals surface area (Å²) in [4.78, 5) is 9.14. The van der Waals surface area contributed by atoms with Gasteiger partial charge < -0.3 is 4.57 Å². The molecule has 0 fully saturated rings. The summed E-state index contributed by atoms with van der Waals surface area (Å²) in [5.41, 5.74) is 2.18. The second-order valence-electron chi connectivity index (χ2n) is 5.93. The molecular weight excluding hydrogens is 326 g/mol. The number of halogens is 2. The number of rotatable bonds is 4. The van der Waals surface area contributed by atoms with Gasteiger partial charge in [-0.2, -0.15) is 0 Å². The van der Waals surface area contributed by atoms with Gasteiger partial charge in [0, 0.05) is 29.5 Å². The molecule has 5 heteroatoms. The van der Waals surface area contributed by atoms with Crippen molar-refractivity contribution >= 4 is 38.7 Å². The summed E-state index contributed by atoms with van der Waals surface area (Å²) in [5, 5.41) is 0. The second kappa shape index (κ2) is 5.80. The molecule has 0 spiro atoms. The Bertz CT molecular complexity index is 572. The molecule has 0 aliphatic rings. The standard InChI is InChI=1S/C14H19BrClN3/c1-14(2,3)5-7-19-12(4-6-16)18-11-8-10(15)9-17-13(11)19/h8-9H,4-7H2,1-3H3. The fraction of sp³-hybridized carbons (Fsp3) is 0.571. The van der Waals surface area contributed by atoms with Crippen LogP contribution in [0.15, 0.2) is 16.7 Å². The Morgan fingerprint density at radius 2 is 2.11 bits per heavy atom. The van der Waals surface area contributed by atoms with E-state index in [0.29, 0.717) is 11.3 Å². The maximum absolute atomic E-state index is 5.87. The summed E-state index contributed by atoms with van der Waals surface area (Å²) in [6.07, 6.45) is 3.69. The topological polar surface area (TPSA) is 30.7 Å². The van der Waals surface area contributed by atoms with E-state index in [1.807, 2.05) is 12.3 Å². The monoisotopic (exact) mass is 343 g/mol. The molecule has 3 nitrogen and oxygen atoms in total. The number of pyridine rings is 1. The normalized spacial score (nSPS) is 12.3. The van der Waals surface area contributed by atoms with Gasteiger partial charge in [-0.1, -0.05) is 20.8 Å². The van der Waals surface area contributed by atoms with Crippen LogP contribution in [0, 0.1) is 5.41 Å². The smallest absolute Gasteiger partial charge is 0.160 e. The Balaban J connectivity index is 2.40. The minimum absolute atomic E-state index is 0.296. The van der Waals surface area contributed by atoms with Crippen LogP contribution in [0.2, 0.25) is 0 Å². The molecule has 0 unspecified atom stereocenters. The summed E-state index contributed by atoms with van der Waals surface area (Å²) in [6.45, 7) is 7.67. The van der Waals surface area contributed by atoms with Crippen LogP contribution in [0.4, 0.5) is 0 Å². The van der Waals surface area contributed by atoms with Crippen LogP contribution in [0.25, 0.3) is 11.2 Å². The number of nitrogens with zero attached hydrogens (tertiary/aromatic N) is 3. The molecule has 0 N–H and O–H groups in total. The van der Waals surface area contributed by atoms with Crippen molar-refractivity contribution < 1.29 is 0 Å². The molecule has 0 aliphatic carbocycles.